The van der Waals surface area contributed by atoms with Crippen molar-refractivity contribution in [3.63, 3.8) is 0 Å². The van der Waals surface area contributed by atoms with Crippen LogP contribution in [0.4, 0.5) is 0 Å². The monoisotopic (exact) mass is 161 g/mol. The van der Waals surface area contributed by atoms with Gasteiger partial charge in [-0.2, -0.15) is 0 Å². The summed E-state index contributed by atoms with van der Waals surface area (Å²) >= 11 is 0. The molecular formula is C11H15N. The maximum Gasteiger partial charge on any atom is 0.0458 e. The second-order valence-electron chi connectivity index (χ2n) is 2.22. The van der Waals surface area contributed by atoms with Crippen LogP contribution >= 0.6 is 0 Å². The van der Waals surface area contributed by atoms with E-state index in [1.54, 1.807) is 0 Å². The minimum atomic E-state index is 0.799. The molecule has 0 heterocycles. The van der Waals surface area contributed by atoms with Gasteiger partial charge in [0, 0.05) is 5.70 Å². The van der Waals surface area contributed by atoms with E-state index in [-0.39, 0.29) is 0 Å². The zero-order valence-corrected chi connectivity index (χ0v) is 7.80. The summed E-state index contributed by atoms with van der Waals surface area (Å²) in [4.78, 5) is 4.12. The van der Waals surface area contributed by atoms with Gasteiger partial charge in [-0.25, -0.2) is 4.99 Å². The highest BCUT2D eigenvalue weighted by atomic mass is 14.7. The molecule has 0 radical (unpaired) electrons. The maximum atomic E-state index is 4.12. The Balaban J connectivity index is 4.03. The Morgan fingerprint density at radius 3 is 2.75 bits per heavy atom. The summed E-state index contributed by atoms with van der Waals surface area (Å²) in [5, 5.41) is 0. The highest BCUT2D eigenvalue weighted by Crippen LogP contribution is 1.99. The van der Waals surface area contributed by atoms with E-state index in [9.17, 15) is 0 Å². The van der Waals surface area contributed by atoms with Gasteiger partial charge in [0.25, 0.3) is 0 Å². The smallest absolute Gasteiger partial charge is 0.0458 e. The van der Waals surface area contributed by atoms with Crippen LogP contribution in [0.25, 0.3) is 0 Å². The number of nitrogens with zero attached hydrogens (tertiary/aromatic N) is 1. The minimum absolute atomic E-state index is 0.799. The second-order valence-corrected chi connectivity index (χ2v) is 2.22. The molecule has 0 amide bonds. The van der Waals surface area contributed by atoms with Gasteiger partial charge in [0.15, 0.2) is 0 Å². The number of rotatable bonds is 4. The zero-order valence-electron chi connectivity index (χ0n) is 7.80. The van der Waals surface area contributed by atoms with Gasteiger partial charge in [0.1, 0.15) is 0 Å². The Bertz CT molecular complexity index is 246. The van der Waals surface area contributed by atoms with E-state index < -0.39 is 0 Å². The predicted octanol–water partition coefficient (Wildman–Crippen LogP) is 3.26. The normalized spacial score (nSPS) is 9.67. The summed E-state index contributed by atoms with van der Waals surface area (Å²) in [5.74, 6) is 2.85. The lowest BCUT2D eigenvalue weighted by Gasteiger charge is -1.88. The van der Waals surface area contributed by atoms with E-state index in [2.05, 4.69) is 30.1 Å². The molecule has 0 saturated heterocycles. The van der Waals surface area contributed by atoms with Gasteiger partial charge >= 0.3 is 0 Å². The summed E-state index contributed by atoms with van der Waals surface area (Å²) in [6, 6.07) is 0. The van der Waals surface area contributed by atoms with Crippen molar-refractivity contribution in [1.29, 1.82) is 0 Å². The van der Waals surface area contributed by atoms with Gasteiger partial charge in [-0.15, -0.1) is 5.73 Å². The molecule has 12 heavy (non-hydrogen) atoms. The first-order valence-corrected chi connectivity index (χ1v) is 4.12. The second kappa shape index (κ2) is 7.81. The summed E-state index contributed by atoms with van der Waals surface area (Å²) in [5.41, 5.74) is 3.74. The van der Waals surface area contributed by atoms with Crippen LogP contribution in [0.1, 0.15) is 26.7 Å². The summed E-state index contributed by atoms with van der Waals surface area (Å²) < 4.78 is 0. The number of hydrogen-bond acceptors (Lipinski definition) is 1. The molecular weight excluding hydrogens is 146 g/mol. The van der Waals surface area contributed by atoms with Crippen LogP contribution in [0.5, 0.6) is 0 Å². The Labute approximate surface area is 74.5 Å². The van der Waals surface area contributed by atoms with Crippen LogP contribution in [0.3, 0.4) is 0 Å². The van der Waals surface area contributed by atoms with E-state index in [0.29, 0.717) is 0 Å². The van der Waals surface area contributed by atoms with Crippen molar-refractivity contribution in [3.05, 3.63) is 36.2 Å². The van der Waals surface area contributed by atoms with Gasteiger partial charge in [0.05, 0.1) is 0 Å². The number of hydrogen-bond donors (Lipinski definition) is 0. The largest absolute Gasteiger partial charge is 0.211 e. The molecule has 1 nitrogen and oxygen atoms in total. The van der Waals surface area contributed by atoms with Gasteiger partial charge in [-0.3, -0.25) is 0 Å². The van der Waals surface area contributed by atoms with Crippen LogP contribution in [0, 0.1) is 0 Å². The molecule has 1 heteroatoms. The van der Waals surface area contributed by atoms with E-state index in [0.717, 1.165) is 18.5 Å². The highest BCUT2D eigenvalue weighted by molar-refractivity contribution is 5.53. The van der Waals surface area contributed by atoms with Gasteiger partial charge in [-0.1, -0.05) is 19.6 Å². The molecule has 0 fully saturated rings. The fourth-order valence-electron chi connectivity index (χ4n) is 0.671. The maximum absolute atomic E-state index is 4.12. The highest BCUT2D eigenvalue weighted by Gasteiger charge is 1.81. The van der Waals surface area contributed by atoms with E-state index in [4.69, 9.17) is 0 Å². The molecule has 0 atom stereocenters. The molecule has 0 aromatic rings. The third kappa shape index (κ3) is 5.49. The molecule has 0 aliphatic heterocycles. The van der Waals surface area contributed by atoms with Crippen molar-refractivity contribution < 1.29 is 0 Å². The lowest BCUT2D eigenvalue weighted by molar-refractivity contribution is 1.07. The van der Waals surface area contributed by atoms with Crippen molar-refractivity contribution in [3.8, 4) is 0 Å². The fraction of sp³-hybridized carbons (Fsp3) is 0.364. The summed E-state index contributed by atoms with van der Waals surface area (Å²) in [6.07, 6.45) is 7.44. The SMILES string of the molecule is C=C=CCC=C=NC(=CC)CC. The molecule has 0 aliphatic carbocycles. The van der Waals surface area contributed by atoms with Crippen LogP contribution < -0.4 is 0 Å². The molecule has 0 saturated carbocycles. The predicted molar refractivity (Wildman–Crippen MR) is 54.4 cm³/mol. The first-order valence-electron chi connectivity index (χ1n) is 4.12. The molecule has 0 aromatic heterocycles. The van der Waals surface area contributed by atoms with Crippen molar-refractivity contribution in [2.75, 3.05) is 0 Å². The molecule has 0 aromatic carbocycles. The first kappa shape index (κ1) is 10.7. The molecule has 64 valence electrons. The molecule has 0 unspecified atom stereocenters. The van der Waals surface area contributed by atoms with Crippen LogP contribution in [0.2, 0.25) is 0 Å². The summed E-state index contributed by atoms with van der Waals surface area (Å²) in [6.45, 7) is 7.51. The third-order valence-corrected chi connectivity index (χ3v) is 1.37. The van der Waals surface area contributed by atoms with Crippen molar-refractivity contribution in [1.82, 2.24) is 0 Å². The lowest BCUT2D eigenvalue weighted by atomic mass is 10.3. The average molecular weight is 161 g/mol. The Morgan fingerprint density at radius 1 is 1.50 bits per heavy atom. The number of aliphatic imine (C=N–C) groups is 1. The molecule has 0 aliphatic rings. The average Bonchev–Trinajstić information content (AvgIpc) is 2.11. The van der Waals surface area contributed by atoms with E-state index >= 15 is 0 Å². The van der Waals surface area contributed by atoms with E-state index in [1.165, 1.54) is 0 Å². The van der Waals surface area contributed by atoms with Gasteiger partial charge in [-0.05, 0) is 37.8 Å². The van der Waals surface area contributed by atoms with Crippen LogP contribution in [0.15, 0.2) is 41.2 Å². The lowest BCUT2D eigenvalue weighted by Crippen LogP contribution is -1.71. The molecule has 0 rings (SSSR count). The van der Waals surface area contributed by atoms with Crippen LogP contribution in [-0.4, -0.2) is 5.87 Å². The standard InChI is InChI=1S/C11H15N/c1-4-7-8-9-10-12-11(5-2)6-3/h5,7,9H,1,6,8H2,2-3H3. The molecule has 0 bridgehead atoms. The van der Waals surface area contributed by atoms with Crippen molar-refractivity contribution >= 4 is 5.87 Å². The van der Waals surface area contributed by atoms with Gasteiger partial charge < -0.3 is 0 Å². The molecule has 0 spiro atoms. The molecule has 0 N–H and O–H groups in total. The van der Waals surface area contributed by atoms with E-state index in [1.807, 2.05) is 25.2 Å². The Kier molecular flexibility index (Phi) is 6.97. The van der Waals surface area contributed by atoms with Gasteiger partial charge in [0.2, 0.25) is 0 Å². The van der Waals surface area contributed by atoms with Crippen LogP contribution in [-0.2, 0) is 0 Å². The topological polar surface area (TPSA) is 12.4 Å². The number of allylic oxidation sites excluding steroid dienone is 4. The fourth-order valence-corrected chi connectivity index (χ4v) is 0.671. The van der Waals surface area contributed by atoms with Crippen molar-refractivity contribution in [2.24, 2.45) is 4.99 Å². The first-order chi connectivity index (χ1) is 5.85. The Morgan fingerprint density at radius 2 is 2.25 bits per heavy atom. The Hall–Kier alpha value is -1.29. The third-order valence-electron chi connectivity index (χ3n) is 1.37. The quantitative estimate of drug-likeness (QED) is 0.443. The zero-order chi connectivity index (χ0) is 9.23. The van der Waals surface area contributed by atoms with Crippen molar-refractivity contribution in [2.45, 2.75) is 26.7 Å². The minimum Gasteiger partial charge on any atom is -0.211 e. The summed E-state index contributed by atoms with van der Waals surface area (Å²) in [7, 11) is 0.